The fourth-order valence-electron chi connectivity index (χ4n) is 1.60. The summed E-state index contributed by atoms with van der Waals surface area (Å²) in [7, 11) is 1.52. The molecular weight excluding hydrogens is 208 g/mol. The van der Waals surface area contributed by atoms with Crippen molar-refractivity contribution in [3.63, 3.8) is 0 Å². The minimum atomic E-state index is -0.837. The van der Waals surface area contributed by atoms with E-state index in [1.807, 2.05) is 6.07 Å². The van der Waals surface area contributed by atoms with Crippen molar-refractivity contribution in [2.24, 2.45) is 5.92 Å². The lowest BCUT2D eigenvalue weighted by atomic mass is 9.98. The van der Waals surface area contributed by atoms with Crippen molar-refractivity contribution < 1.29 is 19.7 Å². The third kappa shape index (κ3) is 2.73. The molecule has 4 nitrogen and oxygen atoms in total. The molecule has 0 spiro atoms. The summed E-state index contributed by atoms with van der Waals surface area (Å²) >= 11 is 0. The van der Waals surface area contributed by atoms with Gasteiger partial charge in [-0.25, -0.2) is 0 Å². The minimum Gasteiger partial charge on any atom is -0.496 e. The Labute approximate surface area is 94.5 Å². The van der Waals surface area contributed by atoms with Crippen LogP contribution in [0.5, 0.6) is 5.75 Å². The average molecular weight is 224 g/mol. The van der Waals surface area contributed by atoms with Gasteiger partial charge in [-0.1, -0.05) is 25.1 Å². The molecule has 1 atom stereocenters. The quantitative estimate of drug-likeness (QED) is 0.794. The molecule has 0 aliphatic carbocycles. The highest BCUT2D eigenvalue weighted by Crippen LogP contribution is 2.26. The van der Waals surface area contributed by atoms with Crippen LogP contribution in [0.15, 0.2) is 18.2 Å². The van der Waals surface area contributed by atoms with E-state index in [-0.39, 0.29) is 6.61 Å². The molecule has 1 unspecified atom stereocenters. The van der Waals surface area contributed by atoms with Crippen LogP contribution in [0.25, 0.3) is 0 Å². The van der Waals surface area contributed by atoms with Crippen LogP contribution < -0.4 is 4.74 Å². The van der Waals surface area contributed by atoms with Crippen molar-refractivity contribution in [1.82, 2.24) is 0 Å². The Morgan fingerprint density at radius 3 is 2.56 bits per heavy atom. The molecule has 0 radical (unpaired) electrons. The van der Waals surface area contributed by atoms with Crippen LogP contribution in [-0.2, 0) is 17.8 Å². The molecule has 0 aliphatic rings. The first-order valence-electron chi connectivity index (χ1n) is 5.08. The molecule has 0 aliphatic heterocycles. The van der Waals surface area contributed by atoms with E-state index in [0.717, 1.165) is 5.56 Å². The van der Waals surface area contributed by atoms with E-state index < -0.39 is 11.9 Å². The number of carbonyl (C=O) groups is 1. The molecule has 0 aromatic heterocycles. The first-order valence-corrected chi connectivity index (χ1v) is 5.08. The third-order valence-electron chi connectivity index (χ3n) is 2.50. The van der Waals surface area contributed by atoms with Crippen LogP contribution in [-0.4, -0.2) is 23.3 Å². The number of benzene rings is 1. The van der Waals surface area contributed by atoms with Crippen molar-refractivity contribution >= 4 is 5.97 Å². The van der Waals surface area contributed by atoms with Gasteiger partial charge in [0.1, 0.15) is 5.75 Å². The highest BCUT2D eigenvalue weighted by Gasteiger charge is 2.16. The SMILES string of the molecule is COc1c(CO)cccc1CC(C)C(=O)O. The molecule has 88 valence electrons. The predicted octanol–water partition coefficient (Wildman–Crippen LogP) is 1.45. The monoisotopic (exact) mass is 224 g/mol. The maximum Gasteiger partial charge on any atom is 0.306 e. The molecule has 0 saturated carbocycles. The Hall–Kier alpha value is -1.55. The Balaban J connectivity index is 2.99. The summed E-state index contributed by atoms with van der Waals surface area (Å²) < 4.78 is 5.20. The number of aliphatic hydroxyl groups is 1. The normalized spacial score (nSPS) is 12.2. The fraction of sp³-hybridized carbons (Fsp3) is 0.417. The number of ether oxygens (including phenoxy) is 1. The van der Waals surface area contributed by atoms with E-state index in [0.29, 0.717) is 17.7 Å². The van der Waals surface area contributed by atoms with Crippen molar-refractivity contribution in [2.75, 3.05) is 7.11 Å². The van der Waals surface area contributed by atoms with E-state index in [4.69, 9.17) is 14.9 Å². The Kier molecular flexibility index (Phi) is 4.31. The highest BCUT2D eigenvalue weighted by molar-refractivity contribution is 5.70. The number of methoxy groups -OCH3 is 1. The van der Waals surface area contributed by atoms with Crippen molar-refractivity contribution in [2.45, 2.75) is 20.0 Å². The summed E-state index contributed by atoms with van der Waals surface area (Å²) in [6, 6.07) is 5.36. The number of hydrogen-bond acceptors (Lipinski definition) is 3. The van der Waals surface area contributed by atoms with Crippen molar-refractivity contribution in [1.29, 1.82) is 0 Å². The topological polar surface area (TPSA) is 66.8 Å². The summed E-state index contributed by atoms with van der Waals surface area (Å²) in [6.07, 6.45) is 0.395. The number of para-hydroxylation sites is 1. The summed E-state index contributed by atoms with van der Waals surface area (Å²) in [4.78, 5) is 10.8. The van der Waals surface area contributed by atoms with Gasteiger partial charge in [0.25, 0.3) is 0 Å². The maximum absolute atomic E-state index is 10.8. The van der Waals surface area contributed by atoms with Gasteiger partial charge < -0.3 is 14.9 Å². The van der Waals surface area contributed by atoms with Gasteiger partial charge >= 0.3 is 5.97 Å². The zero-order valence-electron chi connectivity index (χ0n) is 9.43. The van der Waals surface area contributed by atoms with Crippen LogP contribution in [0.3, 0.4) is 0 Å². The van der Waals surface area contributed by atoms with Gasteiger partial charge in [-0.3, -0.25) is 4.79 Å². The molecule has 0 amide bonds. The van der Waals surface area contributed by atoms with Gasteiger partial charge in [-0.2, -0.15) is 0 Å². The molecule has 4 heteroatoms. The van der Waals surface area contributed by atoms with E-state index in [1.165, 1.54) is 7.11 Å². The largest absolute Gasteiger partial charge is 0.496 e. The maximum atomic E-state index is 10.8. The van der Waals surface area contributed by atoms with Crippen molar-refractivity contribution in [3.8, 4) is 5.75 Å². The lowest BCUT2D eigenvalue weighted by Gasteiger charge is -2.13. The second-order valence-corrected chi connectivity index (χ2v) is 3.71. The predicted molar refractivity (Wildman–Crippen MR) is 59.4 cm³/mol. The average Bonchev–Trinajstić information content (AvgIpc) is 2.28. The van der Waals surface area contributed by atoms with Gasteiger partial charge in [0.05, 0.1) is 19.6 Å². The minimum absolute atomic E-state index is 0.113. The summed E-state index contributed by atoms with van der Waals surface area (Å²) in [6.45, 7) is 1.53. The second kappa shape index (κ2) is 5.51. The van der Waals surface area contributed by atoms with Crippen molar-refractivity contribution in [3.05, 3.63) is 29.3 Å². The van der Waals surface area contributed by atoms with E-state index in [2.05, 4.69) is 0 Å². The number of carboxylic acids is 1. The van der Waals surface area contributed by atoms with Crippen LogP contribution in [0.4, 0.5) is 0 Å². The number of hydrogen-bond donors (Lipinski definition) is 2. The summed E-state index contributed by atoms with van der Waals surface area (Å²) in [5, 5.41) is 18.0. The lowest BCUT2D eigenvalue weighted by molar-refractivity contribution is -0.141. The zero-order valence-corrected chi connectivity index (χ0v) is 9.43. The van der Waals surface area contributed by atoms with Gasteiger partial charge in [-0.05, 0) is 12.0 Å². The smallest absolute Gasteiger partial charge is 0.306 e. The molecule has 0 fully saturated rings. The molecule has 0 heterocycles. The van der Waals surface area contributed by atoms with E-state index in [9.17, 15) is 4.79 Å². The molecule has 1 rings (SSSR count). The molecule has 2 N–H and O–H groups in total. The van der Waals surface area contributed by atoms with Crippen LogP contribution in [0.2, 0.25) is 0 Å². The molecule has 0 bridgehead atoms. The van der Waals surface area contributed by atoms with Gasteiger partial charge in [0.2, 0.25) is 0 Å². The molecule has 0 saturated heterocycles. The Morgan fingerprint density at radius 1 is 1.44 bits per heavy atom. The Bertz CT molecular complexity index is 373. The number of aliphatic carboxylic acids is 1. The number of aliphatic hydroxyl groups excluding tert-OH is 1. The third-order valence-corrected chi connectivity index (χ3v) is 2.50. The lowest BCUT2D eigenvalue weighted by Crippen LogP contribution is -2.13. The number of rotatable bonds is 5. The van der Waals surface area contributed by atoms with Crippen LogP contribution in [0, 0.1) is 5.92 Å². The van der Waals surface area contributed by atoms with Gasteiger partial charge in [0.15, 0.2) is 0 Å². The van der Waals surface area contributed by atoms with Gasteiger partial charge in [-0.15, -0.1) is 0 Å². The molecule has 16 heavy (non-hydrogen) atoms. The molecular formula is C12H16O4. The Morgan fingerprint density at radius 2 is 2.06 bits per heavy atom. The van der Waals surface area contributed by atoms with Crippen LogP contribution >= 0.6 is 0 Å². The molecule has 1 aromatic rings. The zero-order chi connectivity index (χ0) is 12.1. The second-order valence-electron chi connectivity index (χ2n) is 3.71. The van der Waals surface area contributed by atoms with Gasteiger partial charge in [0, 0.05) is 5.56 Å². The first kappa shape index (κ1) is 12.5. The fourth-order valence-corrected chi connectivity index (χ4v) is 1.60. The number of carboxylic acid groups (broad SMARTS) is 1. The standard InChI is InChI=1S/C12H16O4/c1-8(12(14)15)6-9-4-3-5-10(7-13)11(9)16-2/h3-5,8,13H,6-7H2,1-2H3,(H,14,15). The van der Waals surface area contributed by atoms with E-state index in [1.54, 1.807) is 19.1 Å². The van der Waals surface area contributed by atoms with Crippen LogP contribution in [0.1, 0.15) is 18.1 Å². The highest BCUT2D eigenvalue weighted by atomic mass is 16.5. The van der Waals surface area contributed by atoms with E-state index >= 15 is 0 Å². The summed E-state index contributed by atoms with van der Waals surface area (Å²) in [5.41, 5.74) is 1.49. The first-order chi connectivity index (χ1) is 7.60. The molecule has 1 aromatic carbocycles. The summed E-state index contributed by atoms with van der Waals surface area (Å²) in [5.74, 6) is -0.725.